The Balaban J connectivity index is 1.58. The molecule has 1 N–H and O–H groups in total. The molecular formula is C23H24N2O4. The van der Waals surface area contributed by atoms with Crippen LogP contribution in [0.1, 0.15) is 42.6 Å². The van der Waals surface area contributed by atoms with E-state index in [1.807, 2.05) is 54.6 Å². The molecule has 0 aliphatic carbocycles. The highest BCUT2D eigenvalue weighted by Gasteiger charge is 2.20. The van der Waals surface area contributed by atoms with E-state index in [0.29, 0.717) is 17.3 Å². The summed E-state index contributed by atoms with van der Waals surface area (Å²) in [5.41, 5.74) is 2.66. The summed E-state index contributed by atoms with van der Waals surface area (Å²) in [5.74, 6) is -0.455. The van der Waals surface area contributed by atoms with Gasteiger partial charge in [0.1, 0.15) is 5.76 Å². The first-order valence-electron chi connectivity index (χ1n) is 9.34. The average molecular weight is 392 g/mol. The third-order valence-corrected chi connectivity index (χ3v) is 4.38. The van der Waals surface area contributed by atoms with Crippen molar-refractivity contribution in [1.29, 1.82) is 0 Å². The van der Waals surface area contributed by atoms with Crippen LogP contribution in [0, 0.1) is 6.92 Å². The van der Waals surface area contributed by atoms with E-state index in [1.54, 1.807) is 6.92 Å². The summed E-state index contributed by atoms with van der Waals surface area (Å²) in [7, 11) is 0. The van der Waals surface area contributed by atoms with Gasteiger partial charge in [0.05, 0.1) is 0 Å². The van der Waals surface area contributed by atoms with Crippen molar-refractivity contribution in [1.82, 2.24) is 4.98 Å². The van der Waals surface area contributed by atoms with Crippen LogP contribution in [0.3, 0.4) is 0 Å². The number of oxazole rings is 1. The van der Waals surface area contributed by atoms with Crippen LogP contribution in [0.5, 0.6) is 0 Å². The largest absolute Gasteiger partial charge is 0.451 e. The minimum Gasteiger partial charge on any atom is -0.451 e. The maximum atomic E-state index is 12.3. The SMILES string of the molecule is Cc1oc(-c2ccccc2)nc1C(=O)OCC(=O)Nc1ccc(C(C)(C)C)cc1. The van der Waals surface area contributed by atoms with E-state index in [9.17, 15) is 9.59 Å². The van der Waals surface area contributed by atoms with E-state index < -0.39 is 18.5 Å². The molecule has 0 radical (unpaired) electrons. The van der Waals surface area contributed by atoms with Crippen LogP contribution in [0.25, 0.3) is 11.5 Å². The zero-order chi connectivity index (χ0) is 21.0. The fourth-order valence-corrected chi connectivity index (χ4v) is 2.74. The predicted octanol–water partition coefficient (Wildman–Crippen LogP) is 4.74. The van der Waals surface area contributed by atoms with Gasteiger partial charge in [0.15, 0.2) is 12.3 Å². The van der Waals surface area contributed by atoms with Crippen molar-refractivity contribution in [2.75, 3.05) is 11.9 Å². The van der Waals surface area contributed by atoms with Crippen molar-refractivity contribution in [2.45, 2.75) is 33.1 Å². The Morgan fingerprint density at radius 1 is 1.03 bits per heavy atom. The van der Waals surface area contributed by atoms with Crippen LogP contribution < -0.4 is 5.32 Å². The zero-order valence-electron chi connectivity index (χ0n) is 17.0. The average Bonchev–Trinajstić information content (AvgIpc) is 3.08. The molecule has 0 unspecified atom stereocenters. The lowest BCUT2D eigenvalue weighted by Gasteiger charge is -2.19. The number of carbonyl (C=O) groups is 2. The molecule has 29 heavy (non-hydrogen) atoms. The molecule has 1 heterocycles. The van der Waals surface area contributed by atoms with Gasteiger partial charge in [-0.05, 0) is 42.2 Å². The van der Waals surface area contributed by atoms with Crippen molar-refractivity contribution in [2.24, 2.45) is 0 Å². The molecule has 3 aromatic rings. The number of nitrogens with one attached hydrogen (secondary N) is 1. The van der Waals surface area contributed by atoms with Crippen LogP contribution in [-0.4, -0.2) is 23.5 Å². The van der Waals surface area contributed by atoms with Crippen molar-refractivity contribution in [3.8, 4) is 11.5 Å². The maximum absolute atomic E-state index is 12.3. The molecule has 3 rings (SSSR count). The predicted molar refractivity (Wildman–Crippen MR) is 111 cm³/mol. The van der Waals surface area contributed by atoms with Crippen molar-refractivity contribution < 1.29 is 18.7 Å². The summed E-state index contributed by atoms with van der Waals surface area (Å²) >= 11 is 0. The van der Waals surface area contributed by atoms with E-state index in [-0.39, 0.29) is 11.1 Å². The second kappa shape index (κ2) is 8.31. The molecule has 0 aliphatic rings. The van der Waals surface area contributed by atoms with Crippen molar-refractivity contribution in [3.05, 3.63) is 71.6 Å². The summed E-state index contributed by atoms with van der Waals surface area (Å²) in [4.78, 5) is 28.6. The topological polar surface area (TPSA) is 81.4 Å². The molecule has 0 bridgehead atoms. The Morgan fingerprint density at radius 2 is 1.69 bits per heavy atom. The van der Waals surface area contributed by atoms with Gasteiger partial charge in [-0.3, -0.25) is 4.79 Å². The molecule has 0 atom stereocenters. The van der Waals surface area contributed by atoms with Crippen LogP contribution in [0.4, 0.5) is 5.69 Å². The quantitative estimate of drug-likeness (QED) is 0.634. The Morgan fingerprint density at radius 3 is 2.31 bits per heavy atom. The Kier molecular flexibility index (Phi) is 5.82. The number of hydrogen-bond acceptors (Lipinski definition) is 5. The maximum Gasteiger partial charge on any atom is 0.361 e. The number of aromatic nitrogens is 1. The van der Waals surface area contributed by atoms with Gasteiger partial charge in [0, 0.05) is 11.3 Å². The monoisotopic (exact) mass is 392 g/mol. The molecule has 1 aromatic heterocycles. The van der Waals surface area contributed by atoms with Gasteiger partial charge in [-0.2, -0.15) is 0 Å². The minimum atomic E-state index is -0.702. The number of amides is 1. The smallest absolute Gasteiger partial charge is 0.361 e. The van der Waals surface area contributed by atoms with Gasteiger partial charge in [0.2, 0.25) is 5.89 Å². The number of anilines is 1. The van der Waals surface area contributed by atoms with Crippen molar-refractivity contribution in [3.63, 3.8) is 0 Å². The third kappa shape index (κ3) is 5.10. The molecule has 2 aromatic carbocycles. The number of rotatable bonds is 5. The fraction of sp³-hybridized carbons (Fsp3) is 0.261. The molecule has 0 saturated carbocycles. The van der Waals surface area contributed by atoms with E-state index >= 15 is 0 Å². The summed E-state index contributed by atoms with van der Waals surface area (Å²) in [6.07, 6.45) is 0. The molecule has 6 heteroatoms. The molecule has 150 valence electrons. The molecular weight excluding hydrogens is 368 g/mol. The van der Waals surface area contributed by atoms with Gasteiger partial charge in [-0.15, -0.1) is 0 Å². The molecule has 0 fully saturated rings. The number of esters is 1. The molecule has 0 saturated heterocycles. The van der Waals surface area contributed by atoms with Crippen LogP contribution in [0.15, 0.2) is 59.0 Å². The first-order chi connectivity index (χ1) is 13.7. The highest BCUT2D eigenvalue weighted by molar-refractivity contribution is 5.95. The second-order valence-corrected chi connectivity index (χ2v) is 7.74. The normalized spacial score (nSPS) is 11.2. The standard InChI is InChI=1S/C23H24N2O4/c1-15-20(25-21(29-15)16-8-6-5-7-9-16)22(27)28-14-19(26)24-18-12-10-17(11-13-18)23(2,3)4/h5-13H,14H2,1-4H3,(H,24,26). The number of hydrogen-bond donors (Lipinski definition) is 1. The number of carbonyl (C=O) groups excluding carboxylic acids is 2. The van der Waals surface area contributed by atoms with E-state index in [0.717, 1.165) is 11.1 Å². The first kappa shape index (κ1) is 20.3. The van der Waals surface area contributed by atoms with Gasteiger partial charge < -0.3 is 14.5 Å². The zero-order valence-corrected chi connectivity index (χ0v) is 17.0. The number of aryl methyl sites for hydroxylation is 1. The highest BCUT2D eigenvalue weighted by Crippen LogP contribution is 2.24. The lowest BCUT2D eigenvalue weighted by molar-refractivity contribution is -0.119. The van der Waals surface area contributed by atoms with Crippen LogP contribution in [0.2, 0.25) is 0 Å². The number of benzene rings is 2. The number of nitrogens with zero attached hydrogens (tertiary/aromatic N) is 1. The van der Waals surface area contributed by atoms with Gasteiger partial charge in [-0.25, -0.2) is 9.78 Å². The molecule has 1 amide bonds. The third-order valence-electron chi connectivity index (χ3n) is 4.38. The van der Waals surface area contributed by atoms with Crippen LogP contribution in [-0.2, 0) is 14.9 Å². The summed E-state index contributed by atoms with van der Waals surface area (Å²) in [6, 6.07) is 16.8. The lowest BCUT2D eigenvalue weighted by atomic mass is 9.87. The summed E-state index contributed by atoms with van der Waals surface area (Å²) in [5, 5.41) is 2.71. The Hall–Kier alpha value is -3.41. The molecule has 6 nitrogen and oxygen atoms in total. The molecule has 0 aliphatic heterocycles. The van der Waals surface area contributed by atoms with E-state index in [1.165, 1.54) is 0 Å². The molecule has 0 spiro atoms. The van der Waals surface area contributed by atoms with Crippen molar-refractivity contribution >= 4 is 17.6 Å². The second-order valence-electron chi connectivity index (χ2n) is 7.74. The summed E-state index contributed by atoms with van der Waals surface area (Å²) < 4.78 is 10.6. The van der Waals surface area contributed by atoms with Crippen LogP contribution >= 0.6 is 0 Å². The van der Waals surface area contributed by atoms with Gasteiger partial charge in [-0.1, -0.05) is 51.1 Å². The fourth-order valence-electron chi connectivity index (χ4n) is 2.74. The Bertz CT molecular complexity index is 1000. The first-order valence-corrected chi connectivity index (χ1v) is 9.34. The van der Waals surface area contributed by atoms with E-state index in [4.69, 9.17) is 9.15 Å². The minimum absolute atomic E-state index is 0.0339. The number of ether oxygens (including phenoxy) is 1. The van der Waals surface area contributed by atoms with Gasteiger partial charge >= 0.3 is 5.97 Å². The lowest BCUT2D eigenvalue weighted by Crippen LogP contribution is -2.21. The summed E-state index contributed by atoms with van der Waals surface area (Å²) in [6.45, 7) is 7.58. The van der Waals surface area contributed by atoms with Gasteiger partial charge in [0.25, 0.3) is 5.91 Å². The Labute approximate surface area is 169 Å². The van der Waals surface area contributed by atoms with E-state index in [2.05, 4.69) is 31.1 Å². The highest BCUT2D eigenvalue weighted by atomic mass is 16.5.